The van der Waals surface area contributed by atoms with Gasteiger partial charge in [0.05, 0.1) is 11.7 Å². The third-order valence-corrected chi connectivity index (χ3v) is 2.93. The van der Waals surface area contributed by atoms with Crippen LogP contribution in [0.4, 0.5) is 8.78 Å². The van der Waals surface area contributed by atoms with Gasteiger partial charge in [0.1, 0.15) is 11.6 Å². The molecule has 0 bridgehead atoms. The van der Waals surface area contributed by atoms with Gasteiger partial charge in [-0.15, -0.1) is 0 Å². The molecule has 0 saturated heterocycles. The lowest BCUT2D eigenvalue weighted by Gasteiger charge is -2.13. The van der Waals surface area contributed by atoms with Crippen LogP contribution in [-0.4, -0.2) is 29.9 Å². The molecule has 1 aromatic rings. The summed E-state index contributed by atoms with van der Waals surface area (Å²) in [5.41, 5.74) is -0.282. The number of unbranched alkanes of at least 4 members (excludes halogenated alkanes) is 3. The van der Waals surface area contributed by atoms with Crippen molar-refractivity contribution in [1.29, 1.82) is 0 Å². The zero-order chi connectivity index (χ0) is 14.1. The van der Waals surface area contributed by atoms with Crippen molar-refractivity contribution in [2.75, 3.05) is 19.7 Å². The zero-order valence-corrected chi connectivity index (χ0v) is 10.9. The first kappa shape index (κ1) is 16.0. The molecule has 0 heterocycles. The van der Waals surface area contributed by atoms with Crippen LogP contribution >= 0.6 is 0 Å². The fourth-order valence-electron chi connectivity index (χ4n) is 1.89. The molecule has 0 saturated carbocycles. The number of halogens is 2. The average Bonchev–Trinajstić information content (AvgIpc) is 2.37. The molecule has 0 aromatic heterocycles. The lowest BCUT2D eigenvalue weighted by Crippen LogP contribution is -2.23. The van der Waals surface area contributed by atoms with E-state index in [0.29, 0.717) is 6.54 Å². The molecule has 0 aliphatic carbocycles. The van der Waals surface area contributed by atoms with Crippen LogP contribution in [0.1, 0.15) is 37.4 Å². The van der Waals surface area contributed by atoms with Crippen LogP contribution < -0.4 is 5.32 Å². The van der Waals surface area contributed by atoms with Gasteiger partial charge in [-0.25, -0.2) is 8.78 Å². The van der Waals surface area contributed by atoms with E-state index in [9.17, 15) is 13.9 Å². The summed E-state index contributed by atoms with van der Waals surface area (Å²) in [6, 6.07) is 3.54. The molecule has 0 aliphatic heterocycles. The third-order valence-electron chi connectivity index (χ3n) is 2.93. The third kappa shape index (κ3) is 5.63. The molecule has 1 unspecified atom stereocenters. The highest BCUT2D eigenvalue weighted by Gasteiger charge is 2.16. The molecular formula is C14H21F2NO2. The standard InChI is InChI=1S/C14H21F2NO2/c15-11-6-5-7-12(16)14(11)13(19)10-17-8-3-1-2-4-9-18/h5-7,13,17-19H,1-4,8-10H2. The predicted molar refractivity (Wildman–Crippen MR) is 69.7 cm³/mol. The van der Waals surface area contributed by atoms with E-state index in [0.717, 1.165) is 37.8 Å². The zero-order valence-electron chi connectivity index (χ0n) is 10.9. The summed E-state index contributed by atoms with van der Waals surface area (Å²) in [7, 11) is 0. The van der Waals surface area contributed by atoms with Gasteiger partial charge >= 0.3 is 0 Å². The van der Waals surface area contributed by atoms with Gasteiger partial charge in [-0.2, -0.15) is 0 Å². The van der Waals surface area contributed by atoms with Crippen molar-refractivity contribution in [3.8, 4) is 0 Å². The molecular weight excluding hydrogens is 252 g/mol. The molecule has 19 heavy (non-hydrogen) atoms. The van der Waals surface area contributed by atoms with Crippen LogP contribution in [0, 0.1) is 11.6 Å². The maximum Gasteiger partial charge on any atom is 0.131 e. The average molecular weight is 273 g/mol. The van der Waals surface area contributed by atoms with Crippen LogP contribution in [0.2, 0.25) is 0 Å². The molecule has 0 fully saturated rings. The van der Waals surface area contributed by atoms with Crippen LogP contribution in [0.5, 0.6) is 0 Å². The second-order valence-electron chi connectivity index (χ2n) is 4.49. The summed E-state index contributed by atoms with van der Waals surface area (Å²) in [5, 5.41) is 21.3. The Hall–Kier alpha value is -1.04. The fraction of sp³-hybridized carbons (Fsp3) is 0.571. The second kappa shape index (κ2) is 8.96. The summed E-state index contributed by atoms with van der Waals surface area (Å²) in [5.74, 6) is -1.45. The molecule has 1 rings (SSSR count). The molecule has 1 atom stereocenters. The Morgan fingerprint density at radius 2 is 1.68 bits per heavy atom. The van der Waals surface area contributed by atoms with Crippen molar-refractivity contribution < 1.29 is 19.0 Å². The van der Waals surface area contributed by atoms with Gasteiger partial charge in [0.2, 0.25) is 0 Å². The Kier molecular flexibility index (Phi) is 7.55. The van der Waals surface area contributed by atoms with Crippen molar-refractivity contribution in [3.05, 3.63) is 35.4 Å². The van der Waals surface area contributed by atoms with E-state index in [1.807, 2.05) is 0 Å². The van der Waals surface area contributed by atoms with Gasteiger partial charge in [-0.3, -0.25) is 0 Å². The van der Waals surface area contributed by atoms with Crippen molar-refractivity contribution in [2.24, 2.45) is 0 Å². The molecule has 108 valence electrons. The Morgan fingerprint density at radius 1 is 1.05 bits per heavy atom. The SMILES string of the molecule is OCCCCCCNCC(O)c1c(F)cccc1F. The minimum Gasteiger partial charge on any atom is -0.396 e. The number of hydrogen-bond donors (Lipinski definition) is 3. The van der Waals surface area contributed by atoms with E-state index < -0.39 is 17.7 Å². The number of nitrogens with one attached hydrogen (secondary N) is 1. The van der Waals surface area contributed by atoms with Gasteiger partial charge < -0.3 is 15.5 Å². The molecule has 3 nitrogen and oxygen atoms in total. The number of hydrogen-bond acceptors (Lipinski definition) is 3. The molecule has 0 radical (unpaired) electrons. The Morgan fingerprint density at radius 3 is 2.32 bits per heavy atom. The normalized spacial score (nSPS) is 12.6. The molecule has 3 N–H and O–H groups in total. The fourth-order valence-corrected chi connectivity index (χ4v) is 1.89. The molecule has 0 amide bonds. The first-order valence-corrected chi connectivity index (χ1v) is 6.60. The topological polar surface area (TPSA) is 52.5 Å². The maximum absolute atomic E-state index is 13.4. The van der Waals surface area contributed by atoms with E-state index >= 15 is 0 Å². The van der Waals surface area contributed by atoms with Crippen molar-refractivity contribution in [1.82, 2.24) is 5.32 Å². The molecule has 0 spiro atoms. The van der Waals surface area contributed by atoms with Gasteiger partial charge in [0.25, 0.3) is 0 Å². The first-order valence-electron chi connectivity index (χ1n) is 6.60. The summed E-state index contributed by atoms with van der Waals surface area (Å²) in [4.78, 5) is 0. The van der Waals surface area contributed by atoms with Crippen LogP contribution in [0.25, 0.3) is 0 Å². The van der Waals surface area contributed by atoms with Crippen molar-refractivity contribution >= 4 is 0 Å². The largest absolute Gasteiger partial charge is 0.396 e. The van der Waals surface area contributed by atoms with E-state index in [1.165, 1.54) is 6.07 Å². The highest BCUT2D eigenvalue weighted by molar-refractivity contribution is 5.22. The lowest BCUT2D eigenvalue weighted by atomic mass is 10.1. The minimum absolute atomic E-state index is 0.123. The molecule has 0 aliphatic rings. The van der Waals surface area contributed by atoms with Gasteiger partial charge in [-0.05, 0) is 31.5 Å². The van der Waals surface area contributed by atoms with Crippen molar-refractivity contribution in [2.45, 2.75) is 31.8 Å². The Labute approximate surface area is 112 Å². The summed E-state index contributed by atoms with van der Waals surface area (Å²) in [6.07, 6.45) is 2.47. The predicted octanol–water partition coefficient (Wildman–Crippen LogP) is 2.14. The molecule has 5 heteroatoms. The van der Waals surface area contributed by atoms with Crippen molar-refractivity contribution in [3.63, 3.8) is 0 Å². The molecule has 1 aromatic carbocycles. The minimum atomic E-state index is -1.18. The Balaban J connectivity index is 2.26. The number of aliphatic hydroxyl groups excluding tert-OH is 2. The van der Waals surface area contributed by atoms with E-state index in [4.69, 9.17) is 5.11 Å². The maximum atomic E-state index is 13.4. The van der Waals surface area contributed by atoms with E-state index in [1.54, 1.807) is 0 Å². The number of rotatable bonds is 9. The van der Waals surface area contributed by atoms with Gasteiger partial charge in [0.15, 0.2) is 0 Å². The first-order chi connectivity index (χ1) is 9.16. The summed E-state index contributed by atoms with van der Waals surface area (Å²) < 4.78 is 26.7. The summed E-state index contributed by atoms with van der Waals surface area (Å²) in [6.45, 7) is 1.01. The van der Waals surface area contributed by atoms with E-state index in [-0.39, 0.29) is 18.7 Å². The highest BCUT2D eigenvalue weighted by atomic mass is 19.1. The van der Waals surface area contributed by atoms with E-state index in [2.05, 4.69) is 5.32 Å². The van der Waals surface area contributed by atoms with Crippen LogP contribution in [0.3, 0.4) is 0 Å². The quantitative estimate of drug-likeness (QED) is 0.604. The number of benzene rings is 1. The van der Waals surface area contributed by atoms with Crippen LogP contribution in [-0.2, 0) is 0 Å². The summed E-state index contributed by atoms with van der Waals surface area (Å²) >= 11 is 0. The van der Waals surface area contributed by atoms with Gasteiger partial charge in [0, 0.05) is 13.2 Å². The monoisotopic (exact) mass is 273 g/mol. The number of aliphatic hydroxyl groups is 2. The lowest BCUT2D eigenvalue weighted by molar-refractivity contribution is 0.165. The second-order valence-corrected chi connectivity index (χ2v) is 4.49. The smallest absolute Gasteiger partial charge is 0.131 e. The van der Waals surface area contributed by atoms with Crippen LogP contribution in [0.15, 0.2) is 18.2 Å². The highest BCUT2D eigenvalue weighted by Crippen LogP contribution is 2.19. The van der Waals surface area contributed by atoms with Gasteiger partial charge in [-0.1, -0.05) is 18.9 Å². The Bertz CT molecular complexity index is 354.